The summed E-state index contributed by atoms with van der Waals surface area (Å²) < 4.78 is 20.9. The maximum absolute atomic E-state index is 13.7. The van der Waals surface area contributed by atoms with E-state index in [9.17, 15) is 14.0 Å². The summed E-state index contributed by atoms with van der Waals surface area (Å²) in [6.45, 7) is 0.575. The number of nitrogens with one attached hydrogen (secondary N) is 1. The van der Waals surface area contributed by atoms with Gasteiger partial charge in [-0.05, 0) is 46.8 Å². The number of rotatable bonds is 11. The van der Waals surface area contributed by atoms with Crippen LogP contribution >= 0.6 is 23.1 Å². The topological polar surface area (TPSA) is 102 Å². The van der Waals surface area contributed by atoms with Crippen molar-refractivity contribution in [2.45, 2.75) is 30.7 Å². The monoisotopic (exact) mass is 640 g/mol. The lowest BCUT2D eigenvalue weighted by molar-refractivity contribution is -0.130. The molecule has 0 fully saturated rings. The summed E-state index contributed by atoms with van der Waals surface area (Å²) in [7, 11) is 1.52. The number of hydrazone groups is 1. The van der Waals surface area contributed by atoms with Gasteiger partial charge in [-0.25, -0.2) is 9.40 Å². The van der Waals surface area contributed by atoms with Gasteiger partial charge in [0.2, 0.25) is 0 Å². The normalized spacial score (nSPS) is 14.3. The number of nitrogens with zero attached hydrogens (tertiary/aromatic N) is 5. The number of thiophene rings is 1. The summed E-state index contributed by atoms with van der Waals surface area (Å²) >= 11 is 2.82. The van der Waals surface area contributed by atoms with E-state index in [-0.39, 0.29) is 36.0 Å². The third-order valence-electron chi connectivity index (χ3n) is 7.29. The maximum atomic E-state index is 13.7. The van der Waals surface area contributed by atoms with Gasteiger partial charge >= 0.3 is 0 Å². The number of hydrogen-bond donors (Lipinski definition) is 1. The molecular weight excluding hydrogens is 612 g/mol. The van der Waals surface area contributed by atoms with Crippen LogP contribution < -0.4 is 10.1 Å². The first-order valence-electron chi connectivity index (χ1n) is 14.2. The Hall–Kier alpha value is -4.81. The van der Waals surface area contributed by atoms with E-state index in [0.29, 0.717) is 35.3 Å². The third kappa shape index (κ3) is 6.97. The first kappa shape index (κ1) is 30.2. The van der Waals surface area contributed by atoms with Gasteiger partial charge in [-0.2, -0.15) is 5.10 Å². The highest BCUT2D eigenvalue weighted by Gasteiger charge is 2.33. The average molecular weight is 641 g/mol. The molecule has 0 bridgehead atoms. The maximum Gasteiger partial charge on any atom is 0.255 e. The molecular formula is C33H29FN6O3S2. The lowest BCUT2D eigenvalue weighted by Gasteiger charge is -2.22. The summed E-state index contributed by atoms with van der Waals surface area (Å²) in [6.07, 6.45) is 0.531. The number of carbonyl (C=O) groups is 2. The first-order chi connectivity index (χ1) is 22.0. The lowest BCUT2D eigenvalue weighted by Crippen LogP contribution is -2.28. The number of carbonyl (C=O) groups excluding carboxylic acids is 2. The smallest absolute Gasteiger partial charge is 0.255 e. The highest BCUT2D eigenvalue weighted by atomic mass is 32.2. The molecule has 0 unspecified atom stereocenters. The Morgan fingerprint density at radius 3 is 2.53 bits per heavy atom. The average Bonchev–Trinajstić information content (AvgIpc) is 3.84. The van der Waals surface area contributed by atoms with Crippen molar-refractivity contribution in [3.8, 4) is 5.75 Å². The Labute approximate surface area is 267 Å². The van der Waals surface area contributed by atoms with Crippen molar-refractivity contribution in [3.05, 3.63) is 130 Å². The van der Waals surface area contributed by atoms with Crippen LogP contribution in [0.2, 0.25) is 0 Å². The fourth-order valence-electron chi connectivity index (χ4n) is 5.04. The summed E-state index contributed by atoms with van der Waals surface area (Å²) in [5, 5.41) is 20.4. The van der Waals surface area contributed by atoms with Gasteiger partial charge in [0.25, 0.3) is 11.8 Å². The third-order valence-corrected chi connectivity index (χ3v) is 9.16. The van der Waals surface area contributed by atoms with E-state index in [1.165, 1.54) is 36.0 Å². The molecule has 1 aliphatic heterocycles. The van der Waals surface area contributed by atoms with E-state index >= 15 is 0 Å². The predicted octanol–water partition coefficient (Wildman–Crippen LogP) is 5.94. The second-order valence-corrected chi connectivity index (χ2v) is 12.1. The zero-order valence-corrected chi connectivity index (χ0v) is 25.9. The molecule has 0 aliphatic carbocycles. The van der Waals surface area contributed by atoms with Crippen molar-refractivity contribution >= 4 is 40.6 Å². The Balaban J connectivity index is 1.21. The fraction of sp³-hybridized carbons (Fsp3) is 0.182. The zero-order chi connectivity index (χ0) is 31.2. The summed E-state index contributed by atoms with van der Waals surface area (Å²) in [5.41, 5.74) is 3.06. The molecule has 3 heterocycles. The van der Waals surface area contributed by atoms with Crippen molar-refractivity contribution < 1.29 is 18.7 Å². The summed E-state index contributed by atoms with van der Waals surface area (Å²) in [6, 6.07) is 26.6. The molecule has 0 saturated heterocycles. The van der Waals surface area contributed by atoms with Gasteiger partial charge in [-0.15, -0.1) is 21.5 Å². The van der Waals surface area contributed by atoms with Gasteiger partial charge in [0.1, 0.15) is 11.6 Å². The number of thioether (sulfide) groups is 1. The molecule has 45 heavy (non-hydrogen) atoms. The van der Waals surface area contributed by atoms with Gasteiger partial charge in [0.05, 0.1) is 48.1 Å². The molecule has 1 atom stereocenters. The quantitative estimate of drug-likeness (QED) is 0.180. The zero-order valence-electron chi connectivity index (χ0n) is 24.3. The fourth-order valence-corrected chi connectivity index (χ4v) is 6.57. The van der Waals surface area contributed by atoms with E-state index in [2.05, 4.69) is 15.5 Å². The predicted molar refractivity (Wildman–Crippen MR) is 172 cm³/mol. The molecule has 0 saturated carbocycles. The first-order valence-corrected chi connectivity index (χ1v) is 16.1. The molecule has 0 radical (unpaired) electrons. The van der Waals surface area contributed by atoms with Gasteiger partial charge in [0, 0.05) is 6.42 Å². The van der Waals surface area contributed by atoms with E-state index < -0.39 is 0 Å². The number of halogens is 1. The number of hydrogen-bond acceptors (Lipinski definition) is 8. The number of aromatic nitrogens is 3. The summed E-state index contributed by atoms with van der Waals surface area (Å²) in [4.78, 5) is 27.7. The Morgan fingerprint density at radius 1 is 1.00 bits per heavy atom. The van der Waals surface area contributed by atoms with Crippen LogP contribution in [-0.2, 0) is 17.9 Å². The largest absolute Gasteiger partial charge is 0.496 e. The van der Waals surface area contributed by atoms with Crippen LogP contribution in [0, 0.1) is 5.82 Å². The van der Waals surface area contributed by atoms with Crippen molar-refractivity contribution in [2.24, 2.45) is 5.10 Å². The molecule has 1 N–H and O–H groups in total. The molecule has 0 spiro atoms. The number of para-hydroxylation sites is 1. The second kappa shape index (κ2) is 13.9. The summed E-state index contributed by atoms with van der Waals surface area (Å²) in [5.74, 6) is 0.228. The van der Waals surface area contributed by atoms with Gasteiger partial charge < -0.3 is 14.6 Å². The van der Waals surface area contributed by atoms with Crippen LogP contribution in [0.4, 0.5) is 4.39 Å². The van der Waals surface area contributed by atoms with E-state index in [1.807, 2.05) is 52.4 Å². The van der Waals surface area contributed by atoms with Crippen LogP contribution in [0.25, 0.3) is 0 Å². The molecule has 9 nitrogen and oxygen atoms in total. The number of methoxy groups -OCH3 is 1. The van der Waals surface area contributed by atoms with Crippen LogP contribution in [0.3, 0.4) is 0 Å². The second-order valence-electron chi connectivity index (χ2n) is 10.2. The molecule has 228 valence electrons. The molecule has 3 aromatic carbocycles. The van der Waals surface area contributed by atoms with Crippen LogP contribution in [0.5, 0.6) is 5.75 Å². The standard InChI is InChI=1S/C33H29FN6O3S2/c1-43-28-11-6-5-10-25(28)32(42)35-19-30-36-37-33(39(30)20-22-8-3-2-4-9-22)45-21-31(41)40-27(23-13-15-24(34)16-14-23)18-26(38-40)29-12-7-17-44-29/h2-17,27H,18-21H2,1H3,(H,35,42)/t27-/m1/s1. The Bertz CT molecular complexity index is 1810. The molecule has 12 heteroatoms. The van der Waals surface area contributed by atoms with Crippen molar-refractivity contribution in [2.75, 3.05) is 12.9 Å². The van der Waals surface area contributed by atoms with Gasteiger partial charge in [-0.3, -0.25) is 9.59 Å². The van der Waals surface area contributed by atoms with Gasteiger partial charge in [0.15, 0.2) is 11.0 Å². The molecule has 2 amide bonds. The number of benzene rings is 3. The lowest BCUT2D eigenvalue weighted by atomic mass is 10.0. The van der Waals surface area contributed by atoms with E-state index in [1.54, 1.807) is 47.7 Å². The highest BCUT2D eigenvalue weighted by molar-refractivity contribution is 7.99. The Kier molecular flexibility index (Phi) is 9.32. The molecule has 1 aliphatic rings. The van der Waals surface area contributed by atoms with E-state index in [0.717, 1.165) is 21.7 Å². The molecule has 2 aromatic heterocycles. The number of ether oxygens (including phenoxy) is 1. The molecule has 6 rings (SSSR count). The number of amides is 2. The Morgan fingerprint density at radius 2 is 1.78 bits per heavy atom. The SMILES string of the molecule is COc1ccccc1C(=O)NCc1nnc(SCC(=O)N2N=C(c3cccs3)C[C@@H]2c2ccc(F)cc2)n1Cc1ccccc1. The van der Waals surface area contributed by atoms with Crippen LogP contribution in [0.1, 0.15) is 44.6 Å². The van der Waals surface area contributed by atoms with Crippen molar-refractivity contribution in [1.82, 2.24) is 25.1 Å². The minimum atomic E-state index is -0.348. The minimum Gasteiger partial charge on any atom is -0.496 e. The van der Waals surface area contributed by atoms with Crippen molar-refractivity contribution in [3.63, 3.8) is 0 Å². The highest BCUT2D eigenvalue weighted by Crippen LogP contribution is 2.35. The minimum absolute atomic E-state index is 0.0550. The van der Waals surface area contributed by atoms with Crippen molar-refractivity contribution in [1.29, 1.82) is 0 Å². The van der Waals surface area contributed by atoms with Gasteiger partial charge in [-0.1, -0.05) is 72.4 Å². The van der Waals surface area contributed by atoms with Crippen LogP contribution in [0.15, 0.2) is 107 Å². The van der Waals surface area contributed by atoms with E-state index in [4.69, 9.17) is 9.84 Å². The molecule has 5 aromatic rings. The van der Waals surface area contributed by atoms with Crippen LogP contribution in [-0.4, -0.2) is 50.2 Å².